The van der Waals surface area contributed by atoms with Crippen LogP contribution in [-0.4, -0.2) is 17.8 Å². The second kappa shape index (κ2) is 7.44. The number of urea groups is 1. The van der Waals surface area contributed by atoms with E-state index < -0.39 is 0 Å². The highest BCUT2D eigenvalue weighted by molar-refractivity contribution is 5.99. The number of amides is 2. The van der Waals surface area contributed by atoms with Gasteiger partial charge in [0.15, 0.2) is 0 Å². The Morgan fingerprint density at radius 3 is 2.52 bits per heavy atom. The molecular weight excluding hydrogens is 264 g/mol. The van der Waals surface area contributed by atoms with E-state index in [2.05, 4.69) is 21.9 Å². The summed E-state index contributed by atoms with van der Waals surface area (Å²) in [5.41, 5.74) is 4.72. The van der Waals surface area contributed by atoms with Crippen LogP contribution in [0.3, 0.4) is 0 Å². The van der Waals surface area contributed by atoms with Crippen LogP contribution in [-0.2, 0) is 0 Å². The van der Waals surface area contributed by atoms with Crippen LogP contribution in [0.2, 0.25) is 0 Å². The molecule has 1 aromatic rings. The number of hydrogen-bond donors (Lipinski definition) is 2. The molecule has 0 aromatic heterocycles. The van der Waals surface area contributed by atoms with Gasteiger partial charge in [0, 0.05) is 6.04 Å². The Bertz CT molecular complexity index is 551. The summed E-state index contributed by atoms with van der Waals surface area (Å²) < 4.78 is 0. The number of carbonyl (C=O) groups excluding carboxylic acids is 1. The minimum atomic E-state index is -0.255. The van der Waals surface area contributed by atoms with Gasteiger partial charge in [-0.05, 0) is 37.5 Å². The lowest BCUT2D eigenvalue weighted by molar-refractivity contribution is 0.233. The molecule has 1 fully saturated rings. The number of hydrazone groups is 1. The molecule has 0 bridgehead atoms. The van der Waals surface area contributed by atoms with Crippen molar-refractivity contribution in [3.63, 3.8) is 0 Å². The number of nitrogens with zero attached hydrogens (tertiary/aromatic N) is 2. The Labute approximate surface area is 125 Å². The average molecular weight is 284 g/mol. The minimum absolute atomic E-state index is 0.255. The number of hydrogen-bond acceptors (Lipinski definition) is 3. The monoisotopic (exact) mass is 284 g/mol. The molecule has 110 valence electrons. The van der Waals surface area contributed by atoms with Crippen LogP contribution in [0.25, 0.3) is 0 Å². The van der Waals surface area contributed by atoms with Gasteiger partial charge in [-0.3, -0.25) is 0 Å². The summed E-state index contributed by atoms with van der Waals surface area (Å²) in [5.74, 6) is 0. The van der Waals surface area contributed by atoms with E-state index in [0.717, 1.165) is 18.4 Å². The van der Waals surface area contributed by atoms with Gasteiger partial charge >= 0.3 is 6.03 Å². The maximum atomic E-state index is 11.8. The van der Waals surface area contributed by atoms with Crippen LogP contribution in [0.15, 0.2) is 29.4 Å². The molecule has 21 heavy (non-hydrogen) atoms. The van der Waals surface area contributed by atoms with Crippen molar-refractivity contribution in [3.8, 4) is 6.07 Å². The van der Waals surface area contributed by atoms with Crippen molar-refractivity contribution in [2.75, 3.05) is 0 Å². The normalized spacial score (nSPS) is 16.1. The summed E-state index contributed by atoms with van der Waals surface area (Å²) in [7, 11) is 0. The number of nitrogens with one attached hydrogen (secondary N) is 2. The lowest BCUT2D eigenvalue weighted by Crippen LogP contribution is -2.41. The van der Waals surface area contributed by atoms with Gasteiger partial charge in [0.1, 0.15) is 0 Å². The van der Waals surface area contributed by atoms with Gasteiger partial charge in [-0.25, -0.2) is 10.2 Å². The molecule has 2 rings (SSSR count). The van der Waals surface area contributed by atoms with Crippen LogP contribution >= 0.6 is 0 Å². The van der Waals surface area contributed by atoms with Crippen LogP contribution in [0.4, 0.5) is 4.79 Å². The van der Waals surface area contributed by atoms with Gasteiger partial charge in [0.05, 0.1) is 17.3 Å². The molecule has 0 atom stereocenters. The van der Waals surface area contributed by atoms with Crippen LogP contribution in [0.5, 0.6) is 0 Å². The summed E-state index contributed by atoms with van der Waals surface area (Å²) in [6.45, 7) is 1.82. The molecule has 1 saturated carbocycles. The molecule has 1 aliphatic rings. The van der Waals surface area contributed by atoms with E-state index in [1.54, 1.807) is 12.1 Å². The third-order valence-electron chi connectivity index (χ3n) is 3.70. The SMILES string of the molecule is C/C(=N\NC(=O)NC1CCCCC1)c1ccc(C#N)cc1. The Hall–Kier alpha value is -2.35. The van der Waals surface area contributed by atoms with Crippen molar-refractivity contribution in [3.05, 3.63) is 35.4 Å². The summed E-state index contributed by atoms with van der Waals surface area (Å²) >= 11 is 0. The molecule has 0 aliphatic heterocycles. The molecule has 0 saturated heterocycles. The fraction of sp³-hybridized carbons (Fsp3) is 0.438. The molecule has 0 unspecified atom stereocenters. The quantitative estimate of drug-likeness (QED) is 0.661. The molecule has 0 radical (unpaired) electrons. The molecule has 0 heterocycles. The van der Waals surface area contributed by atoms with Crippen LogP contribution in [0, 0.1) is 11.3 Å². The Morgan fingerprint density at radius 1 is 1.24 bits per heavy atom. The molecule has 5 heteroatoms. The number of benzene rings is 1. The summed E-state index contributed by atoms with van der Waals surface area (Å²) in [6, 6.07) is 9.18. The zero-order valence-corrected chi connectivity index (χ0v) is 12.2. The van der Waals surface area contributed by atoms with Crippen molar-refractivity contribution in [2.24, 2.45) is 5.10 Å². The van der Waals surface area contributed by atoms with E-state index in [0.29, 0.717) is 11.3 Å². The zero-order valence-electron chi connectivity index (χ0n) is 12.2. The topological polar surface area (TPSA) is 77.3 Å². The first-order valence-electron chi connectivity index (χ1n) is 7.30. The summed E-state index contributed by atoms with van der Waals surface area (Å²) in [6.07, 6.45) is 5.71. The van der Waals surface area contributed by atoms with E-state index in [-0.39, 0.29) is 12.1 Å². The highest BCUT2D eigenvalue weighted by Gasteiger charge is 2.15. The first-order valence-corrected chi connectivity index (χ1v) is 7.30. The van der Waals surface area contributed by atoms with Gasteiger partial charge in [0.25, 0.3) is 0 Å². The second-order valence-corrected chi connectivity index (χ2v) is 5.31. The standard InChI is InChI=1S/C16H20N4O/c1-12(14-9-7-13(11-17)8-10-14)19-20-16(21)18-15-5-3-2-4-6-15/h7-10,15H,2-6H2,1H3,(H2,18,20,21)/b19-12+. The van der Waals surface area contributed by atoms with Crippen molar-refractivity contribution >= 4 is 11.7 Å². The van der Waals surface area contributed by atoms with Crippen LogP contribution in [0.1, 0.15) is 50.2 Å². The Morgan fingerprint density at radius 2 is 1.90 bits per heavy atom. The predicted molar refractivity (Wildman–Crippen MR) is 81.9 cm³/mol. The predicted octanol–water partition coefficient (Wildman–Crippen LogP) is 2.91. The first kappa shape index (κ1) is 15.0. The Kier molecular flexibility index (Phi) is 5.33. The van der Waals surface area contributed by atoms with Gasteiger partial charge < -0.3 is 5.32 Å². The highest BCUT2D eigenvalue weighted by Crippen LogP contribution is 2.17. The van der Waals surface area contributed by atoms with Crippen LogP contribution < -0.4 is 10.7 Å². The van der Waals surface area contributed by atoms with E-state index in [4.69, 9.17) is 5.26 Å². The second-order valence-electron chi connectivity index (χ2n) is 5.31. The number of nitriles is 1. The summed E-state index contributed by atoms with van der Waals surface area (Å²) in [4.78, 5) is 11.8. The third kappa shape index (κ3) is 4.60. The lowest BCUT2D eigenvalue weighted by atomic mass is 9.96. The fourth-order valence-corrected chi connectivity index (χ4v) is 2.45. The van der Waals surface area contributed by atoms with Gasteiger partial charge in [-0.1, -0.05) is 31.4 Å². The molecule has 2 amide bonds. The molecule has 1 aliphatic carbocycles. The van der Waals surface area contributed by atoms with Gasteiger partial charge in [0.2, 0.25) is 0 Å². The van der Waals surface area contributed by atoms with Crippen molar-refractivity contribution < 1.29 is 4.79 Å². The zero-order chi connectivity index (χ0) is 15.1. The molecule has 2 N–H and O–H groups in total. The molecular formula is C16H20N4O. The van der Waals surface area contributed by atoms with Gasteiger partial charge in [-0.2, -0.15) is 10.4 Å². The fourth-order valence-electron chi connectivity index (χ4n) is 2.45. The van der Waals surface area contributed by atoms with E-state index in [1.165, 1.54) is 19.3 Å². The number of carbonyl (C=O) groups is 1. The highest BCUT2D eigenvalue weighted by atomic mass is 16.2. The Balaban J connectivity index is 1.86. The largest absolute Gasteiger partial charge is 0.335 e. The van der Waals surface area contributed by atoms with Crippen molar-refractivity contribution in [1.82, 2.24) is 10.7 Å². The average Bonchev–Trinajstić information content (AvgIpc) is 2.53. The van der Waals surface area contributed by atoms with Crippen molar-refractivity contribution in [2.45, 2.75) is 45.1 Å². The van der Waals surface area contributed by atoms with E-state index in [9.17, 15) is 4.79 Å². The number of rotatable bonds is 3. The minimum Gasteiger partial charge on any atom is -0.334 e. The smallest absolute Gasteiger partial charge is 0.334 e. The van der Waals surface area contributed by atoms with Crippen molar-refractivity contribution in [1.29, 1.82) is 5.26 Å². The first-order chi connectivity index (χ1) is 10.2. The molecule has 5 nitrogen and oxygen atoms in total. The third-order valence-corrected chi connectivity index (χ3v) is 3.70. The molecule has 1 aromatic carbocycles. The van der Waals surface area contributed by atoms with E-state index in [1.807, 2.05) is 19.1 Å². The molecule has 0 spiro atoms. The lowest BCUT2D eigenvalue weighted by Gasteiger charge is -2.22. The van der Waals surface area contributed by atoms with Gasteiger partial charge in [-0.15, -0.1) is 0 Å². The summed E-state index contributed by atoms with van der Waals surface area (Å²) in [5, 5.41) is 15.8. The maximum absolute atomic E-state index is 11.8. The maximum Gasteiger partial charge on any atom is 0.335 e. The van der Waals surface area contributed by atoms with E-state index >= 15 is 0 Å².